The number of sulfonamides is 1. The van der Waals surface area contributed by atoms with E-state index < -0.39 is 15.6 Å². The molecule has 0 radical (unpaired) electrons. The van der Waals surface area contributed by atoms with E-state index in [1.54, 1.807) is 12.1 Å². The Bertz CT molecular complexity index is 701. The van der Waals surface area contributed by atoms with Crippen molar-refractivity contribution in [2.75, 3.05) is 0 Å². The van der Waals surface area contributed by atoms with E-state index in [4.69, 9.17) is 0 Å². The van der Waals surface area contributed by atoms with Gasteiger partial charge in [-0.25, -0.2) is 13.1 Å². The molecule has 0 aliphatic rings. The van der Waals surface area contributed by atoms with Crippen LogP contribution in [0.2, 0.25) is 0 Å². The van der Waals surface area contributed by atoms with Gasteiger partial charge in [0.2, 0.25) is 10.0 Å². The average Bonchev–Trinajstić information content (AvgIpc) is 2.89. The molecule has 2 aromatic rings. The Kier molecular flexibility index (Phi) is 5.05. The summed E-state index contributed by atoms with van der Waals surface area (Å²) in [5.41, 5.74) is 1.31. The number of rotatable bonds is 6. The molecule has 0 spiro atoms. The third-order valence-corrected chi connectivity index (χ3v) is 4.85. The molecule has 3 N–H and O–H groups in total. The first kappa shape index (κ1) is 16.7. The standard InChI is InChI=1S/C16H23N3O2S/c1-16(2,3)19-22(20,21)15-9-5-4-7-13(15)11-17-12-14-8-6-10-18-14/h4-10,17-19H,11-12H2,1-3H3. The van der Waals surface area contributed by atoms with Crippen LogP contribution in [0.3, 0.4) is 0 Å². The van der Waals surface area contributed by atoms with Crippen LogP contribution < -0.4 is 10.0 Å². The van der Waals surface area contributed by atoms with Crippen LogP contribution in [-0.2, 0) is 23.1 Å². The fraction of sp³-hybridized carbons (Fsp3) is 0.375. The number of aromatic nitrogens is 1. The third kappa shape index (κ3) is 4.69. The van der Waals surface area contributed by atoms with Crippen LogP contribution in [0.15, 0.2) is 47.5 Å². The maximum Gasteiger partial charge on any atom is 0.241 e. The molecule has 1 heterocycles. The maximum absolute atomic E-state index is 12.5. The topological polar surface area (TPSA) is 74.0 Å². The summed E-state index contributed by atoms with van der Waals surface area (Å²) in [7, 11) is -3.53. The van der Waals surface area contributed by atoms with Gasteiger partial charge < -0.3 is 10.3 Å². The molecule has 0 atom stereocenters. The fourth-order valence-corrected chi connectivity index (χ4v) is 3.84. The van der Waals surface area contributed by atoms with Crippen LogP contribution in [0.1, 0.15) is 32.0 Å². The van der Waals surface area contributed by atoms with Gasteiger partial charge in [0.1, 0.15) is 0 Å². The predicted molar refractivity (Wildman–Crippen MR) is 87.9 cm³/mol. The Hall–Kier alpha value is -1.63. The fourth-order valence-electron chi connectivity index (χ4n) is 2.18. The van der Waals surface area contributed by atoms with Gasteiger partial charge in [0.15, 0.2) is 0 Å². The van der Waals surface area contributed by atoms with Crippen LogP contribution in [0, 0.1) is 0 Å². The molecule has 0 saturated heterocycles. The summed E-state index contributed by atoms with van der Waals surface area (Å²) in [6.07, 6.45) is 1.86. The summed E-state index contributed by atoms with van der Waals surface area (Å²) in [5, 5.41) is 3.26. The second-order valence-electron chi connectivity index (χ2n) is 6.26. The van der Waals surface area contributed by atoms with Crippen molar-refractivity contribution in [1.82, 2.24) is 15.0 Å². The molecule has 22 heavy (non-hydrogen) atoms. The van der Waals surface area contributed by atoms with Crippen LogP contribution >= 0.6 is 0 Å². The van der Waals surface area contributed by atoms with Crippen molar-refractivity contribution in [2.24, 2.45) is 0 Å². The van der Waals surface area contributed by atoms with Gasteiger partial charge in [0.25, 0.3) is 0 Å². The van der Waals surface area contributed by atoms with Gasteiger partial charge in [-0.15, -0.1) is 0 Å². The summed E-state index contributed by atoms with van der Waals surface area (Å²) in [6, 6.07) is 11.0. The minimum Gasteiger partial charge on any atom is -0.364 e. The predicted octanol–water partition coefficient (Wildman–Crippen LogP) is 2.38. The summed E-state index contributed by atoms with van der Waals surface area (Å²) in [5.74, 6) is 0. The van der Waals surface area contributed by atoms with Crippen molar-refractivity contribution in [2.45, 2.75) is 44.3 Å². The Morgan fingerprint density at radius 1 is 1.05 bits per heavy atom. The first-order chi connectivity index (χ1) is 10.3. The van der Waals surface area contributed by atoms with Crippen LogP contribution in [0.25, 0.3) is 0 Å². The van der Waals surface area contributed by atoms with Crippen LogP contribution in [-0.4, -0.2) is 18.9 Å². The Morgan fingerprint density at radius 2 is 1.77 bits per heavy atom. The summed E-state index contributed by atoms with van der Waals surface area (Å²) < 4.78 is 27.7. The van der Waals surface area contributed by atoms with E-state index >= 15 is 0 Å². The van der Waals surface area contributed by atoms with Crippen molar-refractivity contribution in [3.63, 3.8) is 0 Å². The minimum absolute atomic E-state index is 0.323. The second-order valence-corrected chi connectivity index (χ2v) is 7.91. The molecule has 6 heteroatoms. The zero-order valence-corrected chi connectivity index (χ0v) is 14.0. The molecule has 5 nitrogen and oxygen atoms in total. The molecular weight excluding hydrogens is 298 g/mol. The van der Waals surface area contributed by atoms with Gasteiger partial charge in [-0.2, -0.15) is 0 Å². The third-order valence-electron chi connectivity index (χ3n) is 3.00. The number of nitrogens with one attached hydrogen (secondary N) is 3. The Labute approximate surface area is 132 Å². The van der Waals surface area contributed by atoms with Crippen molar-refractivity contribution in [1.29, 1.82) is 0 Å². The van der Waals surface area contributed by atoms with Gasteiger partial charge in [0.05, 0.1) is 4.90 Å². The molecule has 1 aromatic carbocycles. The zero-order valence-electron chi connectivity index (χ0n) is 13.2. The van der Waals surface area contributed by atoms with Crippen molar-refractivity contribution < 1.29 is 8.42 Å². The van der Waals surface area contributed by atoms with Gasteiger partial charge in [-0.1, -0.05) is 18.2 Å². The van der Waals surface area contributed by atoms with Crippen molar-refractivity contribution >= 4 is 10.0 Å². The number of hydrogen-bond acceptors (Lipinski definition) is 3. The molecule has 0 unspecified atom stereocenters. The summed E-state index contributed by atoms with van der Waals surface area (Å²) in [6.45, 7) is 6.64. The highest BCUT2D eigenvalue weighted by Crippen LogP contribution is 2.17. The molecule has 0 amide bonds. The van der Waals surface area contributed by atoms with E-state index in [2.05, 4.69) is 15.0 Å². The minimum atomic E-state index is -3.53. The quantitative estimate of drug-likeness (QED) is 0.765. The van der Waals surface area contributed by atoms with E-state index in [9.17, 15) is 8.42 Å². The monoisotopic (exact) mass is 321 g/mol. The largest absolute Gasteiger partial charge is 0.364 e. The number of benzene rings is 1. The van der Waals surface area contributed by atoms with E-state index in [1.807, 2.05) is 51.2 Å². The van der Waals surface area contributed by atoms with Crippen LogP contribution in [0.5, 0.6) is 0 Å². The van der Waals surface area contributed by atoms with Crippen molar-refractivity contribution in [3.8, 4) is 0 Å². The lowest BCUT2D eigenvalue weighted by Gasteiger charge is -2.21. The highest BCUT2D eigenvalue weighted by Gasteiger charge is 2.23. The number of hydrogen-bond donors (Lipinski definition) is 3. The lowest BCUT2D eigenvalue weighted by atomic mass is 10.1. The lowest BCUT2D eigenvalue weighted by Crippen LogP contribution is -2.40. The highest BCUT2D eigenvalue weighted by molar-refractivity contribution is 7.89. The molecule has 2 rings (SSSR count). The van der Waals surface area contributed by atoms with E-state index in [0.717, 1.165) is 11.3 Å². The molecule has 120 valence electrons. The number of aromatic amines is 1. The van der Waals surface area contributed by atoms with E-state index in [-0.39, 0.29) is 0 Å². The molecule has 0 bridgehead atoms. The SMILES string of the molecule is CC(C)(C)NS(=O)(=O)c1ccccc1CNCc1ccc[nH]1. The second kappa shape index (κ2) is 6.64. The Balaban J connectivity index is 2.12. The van der Waals surface area contributed by atoms with Gasteiger partial charge in [0, 0.05) is 30.5 Å². The molecule has 0 aliphatic carbocycles. The van der Waals surface area contributed by atoms with Gasteiger partial charge >= 0.3 is 0 Å². The van der Waals surface area contributed by atoms with E-state index in [1.165, 1.54) is 0 Å². The van der Waals surface area contributed by atoms with E-state index in [0.29, 0.717) is 18.0 Å². The van der Waals surface area contributed by atoms with Crippen molar-refractivity contribution in [3.05, 3.63) is 53.9 Å². The summed E-state index contributed by atoms with van der Waals surface area (Å²) >= 11 is 0. The van der Waals surface area contributed by atoms with Gasteiger partial charge in [-0.3, -0.25) is 0 Å². The first-order valence-corrected chi connectivity index (χ1v) is 8.71. The first-order valence-electron chi connectivity index (χ1n) is 7.23. The average molecular weight is 321 g/mol. The molecular formula is C16H23N3O2S. The van der Waals surface area contributed by atoms with Gasteiger partial charge in [-0.05, 0) is 44.5 Å². The summed E-state index contributed by atoms with van der Waals surface area (Å²) in [4.78, 5) is 3.43. The molecule has 0 fully saturated rings. The molecule has 1 aromatic heterocycles. The van der Waals surface area contributed by atoms with Crippen LogP contribution in [0.4, 0.5) is 0 Å². The Morgan fingerprint density at radius 3 is 2.41 bits per heavy atom. The zero-order chi connectivity index (χ0) is 16.2. The normalized spacial score (nSPS) is 12.5. The maximum atomic E-state index is 12.5. The molecule has 0 saturated carbocycles. The highest BCUT2D eigenvalue weighted by atomic mass is 32.2. The smallest absolute Gasteiger partial charge is 0.241 e. The molecule has 0 aliphatic heterocycles. The lowest BCUT2D eigenvalue weighted by molar-refractivity contribution is 0.490. The number of H-pyrrole nitrogens is 1.